The standard InChI is InChI=1S/C17H18N6O/c1-12-7-6-8-13(2)16(12)19-15(24)11-18-17-20-21-22-23(17)14-9-4-3-5-10-14/h3-10H,11H2,1-2H3,(H,19,24)(H,18,20,22). The summed E-state index contributed by atoms with van der Waals surface area (Å²) in [4.78, 5) is 12.2. The third-order valence-electron chi connectivity index (χ3n) is 3.62. The van der Waals surface area contributed by atoms with E-state index in [1.54, 1.807) is 4.68 Å². The van der Waals surface area contributed by atoms with Crippen LogP contribution in [0.15, 0.2) is 48.5 Å². The van der Waals surface area contributed by atoms with Crippen molar-refractivity contribution < 1.29 is 4.79 Å². The van der Waals surface area contributed by atoms with E-state index in [1.807, 2.05) is 62.4 Å². The fraction of sp³-hybridized carbons (Fsp3) is 0.176. The lowest BCUT2D eigenvalue weighted by molar-refractivity contribution is -0.114. The fourth-order valence-electron chi connectivity index (χ4n) is 2.40. The van der Waals surface area contributed by atoms with Gasteiger partial charge in [-0.2, -0.15) is 4.68 Å². The topological polar surface area (TPSA) is 84.7 Å². The van der Waals surface area contributed by atoms with Gasteiger partial charge in [-0.25, -0.2) is 0 Å². The van der Waals surface area contributed by atoms with Gasteiger partial charge in [0.1, 0.15) is 0 Å². The number of carbonyl (C=O) groups excluding carboxylic acids is 1. The zero-order valence-corrected chi connectivity index (χ0v) is 13.5. The number of para-hydroxylation sites is 2. The van der Waals surface area contributed by atoms with Crippen LogP contribution in [-0.2, 0) is 4.79 Å². The zero-order valence-electron chi connectivity index (χ0n) is 13.5. The highest BCUT2D eigenvalue weighted by Crippen LogP contribution is 2.19. The van der Waals surface area contributed by atoms with Gasteiger partial charge in [0.15, 0.2) is 0 Å². The van der Waals surface area contributed by atoms with Gasteiger partial charge in [0.2, 0.25) is 11.9 Å². The number of nitrogens with zero attached hydrogens (tertiary/aromatic N) is 4. The second-order valence-electron chi connectivity index (χ2n) is 5.42. The van der Waals surface area contributed by atoms with Crippen LogP contribution in [0.4, 0.5) is 11.6 Å². The number of nitrogens with one attached hydrogen (secondary N) is 2. The van der Waals surface area contributed by atoms with Crippen molar-refractivity contribution in [2.75, 3.05) is 17.2 Å². The smallest absolute Gasteiger partial charge is 0.248 e. The number of tetrazole rings is 1. The number of aryl methyl sites for hydroxylation is 2. The average molecular weight is 322 g/mol. The molecule has 7 heteroatoms. The van der Waals surface area contributed by atoms with E-state index in [0.717, 1.165) is 22.5 Å². The Hall–Kier alpha value is -3.22. The van der Waals surface area contributed by atoms with Crippen molar-refractivity contribution in [2.24, 2.45) is 0 Å². The largest absolute Gasteiger partial charge is 0.344 e. The predicted octanol–water partition coefficient (Wildman–Crippen LogP) is 2.33. The van der Waals surface area contributed by atoms with Crippen LogP contribution in [0.5, 0.6) is 0 Å². The molecule has 0 saturated carbocycles. The summed E-state index contributed by atoms with van der Waals surface area (Å²) in [5, 5.41) is 17.4. The first-order valence-electron chi connectivity index (χ1n) is 7.59. The fourth-order valence-corrected chi connectivity index (χ4v) is 2.40. The number of benzene rings is 2. The molecule has 0 radical (unpaired) electrons. The van der Waals surface area contributed by atoms with E-state index in [0.29, 0.717) is 5.95 Å². The van der Waals surface area contributed by atoms with Crippen LogP contribution in [-0.4, -0.2) is 32.7 Å². The van der Waals surface area contributed by atoms with Gasteiger partial charge in [0.25, 0.3) is 0 Å². The minimum absolute atomic E-state index is 0.0704. The normalized spacial score (nSPS) is 10.4. The molecule has 24 heavy (non-hydrogen) atoms. The summed E-state index contributed by atoms with van der Waals surface area (Å²) in [7, 11) is 0. The molecular formula is C17H18N6O. The van der Waals surface area contributed by atoms with Crippen molar-refractivity contribution in [1.82, 2.24) is 20.2 Å². The Kier molecular flexibility index (Phi) is 4.51. The van der Waals surface area contributed by atoms with Crippen molar-refractivity contribution in [2.45, 2.75) is 13.8 Å². The highest BCUT2D eigenvalue weighted by molar-refractivity contribution is 5.94. The Morgan fingerprint density at radius 2 is 1.75 bits per heavy atom. The molecule has 1 aromatic heterocycles. The van der Waals surface area contributed by atoms with Crippen LogP contribution in [0.25, 0.3) is 5.69 Å². The highest BCUT2D eigenvalue weighted by Gasteiger charge is 2.11. The van der Waals surface area contributed by atoms with Gasteiger partial charge < -0.3 is 10.6 Å². The summed E-state index contributed by atoms with van der Waals surface area (Å²) >= 11 is 0. The quantitative estimate of drug-likeness (QED) is 0.753. The maximum absolute atomic E-state index is 12.2. The first-order chi connectivity index (χ1) is 11.6. The molecule has 122 valence electrons. The molecule has 0 atom stereocenters. The molecule has 2 aromatic carbocycles. The molecule has 0 unspecified atom stereocenters. The van der Waals surface area contributed by atoms with Gasteiger partial charge in [0.05, 0.1) is 12.2 Å². The maximum atomic E-state index is 12.2. The summed E-state index contributed by atoms with van der Waals surface area (Å²) in [6.07, 6.45) is 0. The van der Waals surface area contributed by atoms with Crippen LogP contribution in [0, 0.1) is 13.8 Å². The highest BCUT2D eigenvalue weighted by atomic mass is 16.1. The molecule has 3 rings (SSSR count). The summed E-state index contributed by atoms with van der Waals surface area (Å²) < 4.78 is 1.55. The molecule has 0 saturated heterocycles. The molecule has 2 N–H and O–H groups in total. The lowest BCUT2D eigenvalue weighted by Crippen LogP contribution is -2.24. The van der Waals surface area contributed by atoms with Gasteiger partial charge in [-0.05, 0) is 47.5 Å². The number of hydrogen-bond donors (Lipinski definition) is 2. The Morgan fingerprint density at radius 1 is 1.04 bits per heavy atom. The SMILES string of the molecule is Cc1cccc(C)c1NC(=O)CNc1nnnn1-c1ccccc1. The van der Waals surface area contributed by atoms with E-state index in [4.69, 9.17) is 0 Å². The molecule has 1 heterocycles. The molecule has 0 aliphatic heterocycles. The Labute approximate surface area is 139 Å². The zero-order chi connectivity index (χ0) is 16.9. The van der Waals surface area contributed by atoms with E-state index in [9.17, 15) is 4.79 Å². The van der Waals surface area contributed by atoms with Crippen LogP contribution in [0.1, 0.15) is 11.1 Å². The molecule has 7 nitrogen and oxygen atoms in total. The van der Waals surface area contributed by atoms with Gasteiger partial charge in [0, 0.05) is 5.69 Å². The second kappa shape index (κ2) is 6.91. The predicted molar refractivity (Wildman–Crippen MR) is 92.2 cm³/mol. The first kappa shape index (κ1) is 15.7. The molecule has 3 aromatic rings. The number of hydrogen-bond acceptors (Lipinski definition) is 5. The number of aromatic nitrogens is 4. The Bertz CT molecular complexity index is 823. The Morgan fingerprint density at radius 3 is 2.46 bits per heavy atom. The van der Waals surface area contributed by atoms with Gasteiger partial charge >= 0.3 is 0 Å². The summed E-state index contributed by atoms with van der Waals surface area (Å²) in [6, 6.07) is 15.4. The molecular weight excluding hydrogens is 304 g/mol. The molecule has 0 aliphatic carbocycles. The van der Waals surface area contributed by atoms with E-state index in [-0.39, 0.29) is 12.5 Å². The van der Waals surface area contributed by atoms with Gasteiger partial charge in [-0.15, -0.1) is 0 Å². The summed E-state index contributed by atoms with van der Waals surface area (Å²) in [5.74, 6) is 0.257. The number of amides is 1. The summed E-state index contributed by atoms with van der Waals surface area (Å²) in [5.41, 5.74) is 3.71. The van der Waals surface area contributed by atoms with Crippen LogP contribution in [0.2, 0.25) is 0 Å². The van der Waals surface area contributed by atoms with Gasteiger partial charge in [-0.1, -0.05) is 41.5 Å². The monoisotopic (exact) mass is 322 g/mol. The number of carbonyl (C=O) groups is 1. The number of rotatable bonds is 5. The molecule has 0 bridgehead atoms. The minimum Gasteiger partial charge on any atom is -0.344 e. The molecule has 0 spiro atoms. The lowest BCUT2D eigenvalue weighted by Gasteiger charge is -2.12. The third kappa shape index (κ3) is 3.40. The van der Waals surface area contributed by atoms with E-state index < -0.39 is 0 Å². The van der Waals surface area contributed by atoms with Crippen molar-refractivity contribution in [3.05, 3.63) is 59.7 Å². The summed E-state index contributed by atoms with van der Waals surface area (Å²) in [6.45, 7) is 4.00. The second-order valence-corrected chi connectivity index (χ2v) is 5.42. The first-order valence-corrected chi connectivity index (χ1v) is 7.59. The van der Waals surface area contributed by atoms with Crippen LogP contribution >= 0.6 is 0 Å². The molecule has 1 amide bonds. The van der Waals surface area contributed by atoms with Crippen molar-refractivity contribution in [1.29, 1.82) is 0 Å². The van der Waals surface area contributed by atoms with Crippen molar-refractivity contribution in [3.8, 4) is 5.69 Å². The van der Waals surface area contributed by atoms with E-state index in [1.165, 1.54) is 0 Å². The Balaban J connectivity index is 1.67. The van der Waals surface area contributed by atoms with Crippen molar-refractivity contribution in [3.63, 3.8) is 0 Å². The third-order valence-corrected chi connectivity index (χ3v) is 3.62. The lowest BCUT2D eigenvalue weighted by atomic mass is 10.1. The molecule has 0 aliphatic rings. The molecule has 0 fully saturated rings. The van der Waals surface area contributed by atoms with E-state index in [2.05, 4.69) is 26.2 Å². The van der Waals surface area contributed by atoms with Crippen LogP contribution < -0.4 is 10.6 Å². The minimum atomic E-state index is -0.157. The average Bonchev–Trinajstić information content (AvgIpc) is 3.06. The van der Waals surface area contributed by atoms with Crippen LogP contribution in [0.3, 0.4) is 0 Å². The van der Waals surface area contributed by atoms with Gasteiger partial charge in [-0.3, -0.25) is 4.79 Å². The maximum Gasteiger partial charge on any atom is 0.248 e. The number of anilines is 2. The van der Waals surface area contributed by atoms with Crippen molar-refractivity contribution >= 4 is 17.5 Å². The van der Waals surface area contributed by atoms with E-state index >= 15 is 0 Å².